The van der Waals surface area contributed by atoms with Gasteiger partial charge in [-0.25, -0.2) is 9.59 Å². The summed E-state index contributed by atoms with van der Waals surface area (Å²) in [7, 11) is 0. The molecule has 10 aromatic rings. The van der Waals surface area contributed by atoms with E-state index < -0.39 is 11.9 Å². The Morgan fingerprint density at radius 2 is 0.706 bits per heavy atom. The predicted molar refractivity (Wildman–Crippen MR) is 285 cm³/mol. The van der Waals surface area contributed by atoms with E-state index in [1.807, 2.05) is 84.9 Å². The summed E-state index contributed by atoms with van der Waals surface area (Å²) in [4.78, 5) is 28.7. The molecule has 0 saturated heterocycles. The quantitative estimate of drug-likeness (QED) is 0.0396. The number of aryl methyl sites for hydroxylation is 2. The third kappa shape index (κ3) is 9.08. The fraction of sp³-hybridized carbons (Fsp3) is 0.219. The van der Waals surface area contributed by atoms with Crippen LogP contribution >= 0.6 is 0 Å². The lowest BCUT2D eigenvalue weighted by molar-refractivity contribution is 0.0730. The minimum Gasteiger partial charge on any atom is -0.422 e. The molecule has 0 N–H and O–H groups in total. The van der Waals surface area contributed by atoms with Gasteiger partial charge in [-0.2, -0.15) is 0 Å². The molecule has 0 heterocycles. The average Bonchev–Trinajstić information content (AvgIpc) is 3.38. The van der Waals surface area contributed by atoms with Crippen LogP contribution in [0.15, 0.2) is 170 Å². The molecule has 0 radical (unpaired) electrons. The van der Waals surface area contributed by atoms with Crippen molar-refractivity contribution in [3.63, 3.8) is 0 Å². The number of ether oxygens (including phenoxy) is 2. The Kier molecular flexibility index (Phi) is 13.3. The fourth-order valence-corrected chi connectivity index (χ4v) is 10.2. The molecule has 0 aromatic heterocycles. The first-order chi connectivity index (χ1) is 33.5. The van der Waals surface area contributed by atoms with Gasteiger partial charge in [0.2, 0.25) is 0 Å². The first-order valence-electron chi connectivity index (χ1n) is 24.9. The fourth-order valence-electron chi connectivity index (χ4n) is 10.2. The van der Waals surface area contributed by atoms with Crippen LogP contribution in [0.1, 0.15) is 110 Å². The topological polar surface area (TPSA) is 52.6 Å². The maximum Gasteiger partial charge on any atom is 0.343 e. The molecule has 10 rings (SSSR count). The van der Waals surface area contributed by atoms with E-state index in [4.69, 9.17) is 9.47 Å². The van der Waals surface area contributed by atoms with Gasteiger partial charge in [-0.15, -0.1) is 0 Å². The first-order valence-corrected chi connectivity index (χ1v) is 24.9. The molecule has 0 atom stereocenters. The van der Waals surface area contributed by atoms with Gasteiger partial charge in [0, 0.05) is 21.5 Å². The standard InChI is InChI=1S/C64H58O4/c1-3-5-7-9-11-21-43-31-37-55-57(39-43)59(51-27-17-19-29-53(51)61(55)67-63(65)49-35-33-45-23-13-15-25-47(45)41-49)60-52-28-18-20-30-54(52)62(56-38-32-44(40-58(56)60)22-12-10-8-6-4-2)68-64(66)50-36-34-46-24-14-16-26-48(46)42-50/h13-20,23-42H,3-12,21-22H2,1-2H3. The monoisotopic (exact) mass is 890 g/mol. The zero-order valence-electron chi connectivity index (χ0n) is 39.3. The van der Waals surface area contributed by atoms with Crippen molar-refractivity contribution < 1.29 is 19.1 Å². The van der Waals surface area contributed by atoms with Crippen LogP contribution in [0.25, 0.3) is 75.8 Å². The molecular weight excluding hydrogens is 833 g/mol. The molecule has 0 spiro atoms. The number of benzene rings is 10. The van der Waals surface area contributed by atoms with Gasteiger partial charge < -0.3 is 9.47 Å². The summed E-state index contributed by atoms with van der Waals surface area (Å²) in [5, 5.41) is 11.6. The molecule has 4 nitrogen and oxygen atoms in total. The summed E-state index contributed by atoms with van der Waals surface area (Å²) in [6, 6.07) is 57.8. The molecule has 10 aromatic carbocycles. The third-order valence-electron chi connectivity index (χ3n) is 13.8. The summed E-state index contributed by atoms with van der Waals surface area (Å²) in [6.07, 6.45) is 13.8. The predicted octanol–water partition coefficient (Wildman–Crippen LogP) is 17.7. The zero-order valence-corrected chi connectivity index (χ0v) is 39.3. The van der Waals surface area contributed by atoms with Crippen LogP contribution in [0.3, 0.4) is 0 Å². The number of hydrogen-bond acceptors (Lipinski definition) is 4. The van der Waals surface area contributed by atoms with Crippen LogP contribution in [0.4, 0.5) is 0 Å². The van der Waals surface area contributed by atoms with Crippen molar-refractivity contribution in [2.75, 3.05) is 0 Å². The zero-order chi connectivity index (χ0) is 46.4. The van der Waals surface area contributed by atoms with E-state index >= 15 is 0 Å². The number of rotatable bonds is 17. The van der Waals surface area contributed by atoms with E-state index in [1.54, 1.807) is 0 Å². The minimum absolute atomic E-state index is 0.396. The Hall–Kier alpha value is -7.30. The number of fused-ring (bicyclic) bond motifs is 6. The summed E-state index contributed by atoms with van der Waals surface area (Å²) in [5.41, 5.74) is 5.65. The Bertz CT molecular complexity index is 3260. The smallest absolute Gasteiger partial charge is 0.343 e. The van der Waals surface area contributed by atoms with Gasteiger partial charge in [0.1, 0.15) is 11.5 Å². The molecular formula is C64H58O4. The number of esters is 2. The highest BCUT2D eigenvalue weighted by Crippen LogP contribution is 2.50. The maximum absolute atomic E-state index is 14.4. The van der Waals surface area contributed by atoms with E-state index in [9.17, 15) is 9.59 Å². The molecule has 338 valence electrons. The van der Waals surface area contributed by atoms with Crippen molar-refractivity contribution in [2.24, 2.45) is 0 Å². The SMILES string of the molecule is CCCCCCCc1ccc2c(OC(=O)c3ccc4ccccc4c3)c3ccccc3c(-c3c4ccccc4c(OC(=O)c4ccc5ccccc5c4)c4ccc(CCCCCCC)cc34)c2c1. The van der Waals surface area contributed by atoms with Crippen molar-refractivity contribution in [1.29, 1.82) is 0 Å². The molecule has 0 unspecified atom stereocenters. The summed E-state index contributed by atoms with van der Waals surface area (Å²) < 4.78 is 13.3. The van der Waals surface area contributed by atoms with Gasteiger partial charge in [0.05, 0.1) is 11.1 Å². The maximum atomic E-state index is 14.4. The Morgan fingerprint density at radius 3 is 1.13 bits per heavy atom. The second kappa shape index (κ2) is 20.3. The van der Waals surface area contributed by atoms with Gasteiger partial charge in [0.15, 0.2) is 0 Å². The number of carbonyl (C=O) groups excluding carboxylic acids is 2. The van der Waals surface area contributed by atoms with Crippen LogP contribution in [-0.2, 0) is 12.8 Å². The molecule has 0 saturated carbocycles. The van der Waals surface area contributed by atoms with Crippen molar-refractivity contribution >= 4 is 76.6 Å². The summed E-state index contributed by atoms with van der Waals surface area (Å²) in [5.74, 6) is 0.308. The molecule has 0 amide bonds. The van der Waals surface area contributed by atoms with Crippen LogP contribution in [0.2, 0.25) is 0 Å². The average molecular weight is 891 g/mol. The lowest BCUT2D eigenvalue weighted by Gasteiger charge is -2.22. The third-order valence-corrected chi connectivity index (χ3v) is 13.8. The van der Waals surface area contributed by atoms with Crippen LogP contribution in [0, 0.1) is 0 Å². The Balaban J connectivity index is 1.20. The number of hydrogen-bond donors (Lipinski definition) is 0. The lowest BCUT2D eigenvalue weighted by Crippen LogP contribution is -2.10. The van der Waals surface area contributed by atoms with E-state index in [0.717, 1.165) is 101 Å². The van der Waals surface area contributed by atoms with Crippen LogP contribution in [0.5, 0.6) is 11.5 Å². The van der Waals surface area contributed by atoms with Crippen molar-refractivity contribution in [3.05, 3.63) is 192 Å². The highest BCUT2D eigenvalue weighted by molar-refractivity contribution is 6.27. The highest BCUT2D eigenvalue weighted by atomic mass is 16.5. The van der Waals surface area contributed by atoms with Crippen LogP contribution < -0.4 is 9.47 Å². The molecule has 68 heavy (non-hydrogen) atoms. The highest BCUT2D eigenvalue weighted by Gasteiger charge is 2.25. The second-order valence-corrected chi connectivity index (χ2v) is 18.5. The Labute approximate surface area is 399 Å². The van der Waals surface area contributed by atoms with Crippen molar-refractivity contribution in [1.82, 2.24) is 0 Å². The van der Waals surface area contributed by atoms with Gasteiger partial charge in [-0.1, -0.05) is 211 Å². The van der Waals surface area contributed by atoms with E-state index in [2.05, 4.69) is 98.8 Å². The van der Waals surface area contributed by atoms with Gasteiger partial charge in [0.25, 0.3) is 0 Å². The molecule has 4 heteroatoms. The number of unbranched alkanes of at least 4 members (excludes halogenated alkanes) is 8. The van der Waals surface area contributed by atoms with Crippen molar-refractivity contribution in [3.8, 4) is 22.6 Å². The number of carbonyl (C=O) groups is 2. The van der Waals surface area contributed by atoms with Gasteiger partial charge >= 0.3 is 11.9 Å². The van der Waals surface area contributed by atoms with E-state index in [0.29, 0.717) is 22.6 Å². The van der Waals surface area contributed by atoms with Gasteiger partial charge in [-0.3, -0.25) is 0 Å². The minimum atomic E-state index is -0.396. The molecule has 0 fully saturated rings. The Morgan fingerprint density at radius 1 is 0.338 bits per heavy atom. The summed E-state index contributed by atoms with van der Waals surface area (Å²) >= 11 is 0. The van der Waals surface area contributed by atoms with E-state index in [1.165, 1.54) is 62.5 Å². The first kappa shape index (κ1) is 44.5. The largest absolute Gasteiger partial charge is 0.422 e. The van der Waals surface area contributed by atoms with Gasteiger partial charge in [-0.05, 0) is 115 Å². The normalized spacial score (nSPS) is 11.6. The molecule has 0 aliphatic heterocycles. The molecule has 0 aliphatic rings. The molecule has 0 bridgehead atoms. The second-order valence-electron chi connectivity index (χ2n) is 18.5. The van der Waals surface area contributed by atoms with E-state index in [-0.39, 0.29) is 0 Å². The summed E-state index contributed by atoms with van der Waals surface area (Å²) in [6.45, 7) is 4.51. The lowest BCUT2D eigenvalue weighted by atomic mass is 9.84. The van der Waals surface area contributed by atoms with Crippen LogP contribution in [-0.4, -0.2) is 11.9 Å². The van der Waals surface area contributed by atoms with Crippen molar-refractivity contribution in [2.45, 2.75) is 90.9 Å². The molecule has 0 aliphatic carbocycles.